The minimum absolute atomic E-state index is 0.0902. The molecule has 4 nitrogen and oxygen atoms in total. The summed E-state index contributed by atoms with van der Waals surface area (Å²) in [5, 5.41) is 14.0. The van der Waals surface area contributed by atoms with Crippen LogP contribution in [-0.2, 0) is 0 Å². The number of aliphatic imine (C=N–C) groups is 1. The molecule has 5 heteroatoms. The molecule has 1 heterocycles. The molecule has 21 heavy (non-hydrogen) atoms. The fourth-order valence-corrected chi connectivity index (χ4v) is 3.05. The summed E-state index contributed by atoms with van der Waals surface area (Å²) in [6, 6.07) is 12.9. The lowest BCUT2D eigenvalue weighted by Gasteiger charge is -1.99. The van der Waals surface area contributed by atoms with E-state index >= 15 is 0 Å². The number of nitro groups is 1. The zero-order chi connectivity index (χ0) is 14.8. The molecule has 0 amide bonds. The molecule has 3 rings (SSSR count). The molecule has 0 aliphatic carbocycles. The zero-order valence-corrected chi connectivity index (χ0v) is 12.1. The predicted octanol–water partition coefficient (Wildman–Crippen LogP) is 4.87. The van der Waals surface area contributed by atoms with Crippen molar-refractivity contribution >= 4 is 39.0 Å². The third kappa shape index (κ3) is 2.68. The SMILES string of the molecule is Cc1cc([N+](=O)[O-])ccc1N=Cc1csc2ccccc12. The van der Waals surface area contributed by atoms with Crippen LogP contribution in [0.3, 0.4) is 0 Å². The molecule has 0 unspecified atom stereocenters. The second-order valence-corrected chi connectivity index (χ2v) is 5.58. The van der Waals surface area contributed by atoms with E-state index in [1.165, 1.54) is 16.2 Å². The summed E-state index contributed by atoms with van der Waals surface area (Å²) in [4.78, 5) is 14.8. The first-order valence-electron chi connectivity index (χ1n) is 6.40. The van der Waals surface area contributed by atoms with Crippen molar-refractivity contribution in [3.63, 3.8) is 0 Å². The summed E-state index contributed by atoms with van der Waals surface area (Å²) in [6.07, 6.45) is 1.81. The predicted molar refractivity (Wildman–Crippen MR) is 86.9 cm³/mol. The van der Waals surface area contributed by atoms with Gasteiger partial charge in [0, 0.05) is 39.4 Å². The van der Waals surface area contributed by atoms with Crippen LogP contribution in [0.25, 0.3) is 10.1 Å². The normalized spacial score (nSPS) is 11.3. The topological polar surface area (TPSA) is 55.5 Å². The quantitative estimate of drug-likeness (QED) is 0.393. The van der Waals surface area contributed by atoms with Crippen LogP contribution in [0, 0.1) is 17.0 Å². The maximum absolute atomic E-state index is 10.7. The van der Waals surface area contributed by atoms with Gasteiger partial charge in [0.2, 0.25) is 0 Å². The van der Waals surface area contributed by atoms with E-state index in [4.69, 9.17) is 0 Å². The lowest BCUT2D eigenvalue weighted by atomic mass is 10.1. The van der Waals surface area contributed by atoms with Crippen molar-refractivity contribution in [2.45, 2.75) is 6.92 Å². The first kappa shape index (κ1) is 13.5. The Bertz CT molecular complexity index is 852. The largest absolute Gasteiger partial charge is 0.269 e. The first-order valence-corrected chi connectivity index (χ1v) is 7.28. The Morgan fingerprint density at radius 2 is 2.05 bits per heavy atom. The Morgan fingerprint density at radius 3 is 2.81 bits per heavy atom. The summed E-state index contributed by atoms with van der Waals surface area (Å²) in [5.74, 6) is 0. The van der Waals surface area contributed by atoms with Crippen LogP contribution in [0.1, 0.15) is 11.1 Å². The van der Waals surface area contributed by atoms with Crippen molar-refractivity contribution in [2.75, 3.05) is 0 Å². The number of benzene rings is 2. The highest BCUT2D eigenvalue weighted by molar-refractivity contribution is 7.17. The lowest BCUT2D eigenvalue weighted by Crippen LogP contribution is -1.88. The average molecular weight is 296 g/mol. The van der Waals surface area contributed by atoms with E-state index in [0.717, 1.165) is 16.8 Å². The number of aryl methyl sites for hydroxylation is 1. The van der Waals surface area contributed by atoms with E-state index in [1.807, 2.05) is 25.3 Å². The molecule has 2 aromatic carbocycles. The number of rotatable bonds is 3. The van der Waals surface area contributed by atoms with Crippen LogP contribution >= 0.6 is 11.3 Å². The van der Waals surface area contributed by atoms with Gasteiger partial charge in [-0.1, -0.05) is 18.2 Å². The second kappa shape index (κ2) is 5.46. The van der Waals surface area contributed by atoms with Crippen LogP contribution in [0.15, 0.2) is 52.8 Å². The van der Waals surface area contributed by atoms with Gasteiger partial charge in [-0.25, -0.2) is 0 Å². The van der Waals surface area contributed by atoms with Crippen molar-refractivity contribution in [1.29, 1.82) is 0 Å². The monoisotopic (exact) mass is 296 g/mol. The summed E-state index contributed by atoms with van der Waals surface area (Å²) in [7, 11) is 0. The van der Waals surface area contributed by atoms with E-state index < -0.39 is 4.92 Å². The molecule has 104 valence electrons. The van der Waals surface area contributed by atoms with Crippen molar-refractivity contribution in [3.8, 4) is 0 Å². The van der Waals surface area contributed by atoms with Gasteiger partial charge >= 0.3 is 0 Å². The number of hydrogen-bond donors (Lipinski definition) is 0. The van der Waals surface area contributed by atoms with Crippen molar-refractivity contribution < 1.29 is 4.92 Å². The molecule has 0 atom stereocenters. The van der Waals surface area contributed by atoms with Gasteiger partial charge in [-0.05, 0) is 24.6 Å². The molecule has 0 aliphatic heterocycles. The average Bonchev–Trinajstić information content (AvgIpc) is 2.89. The molecule has 3 aromatic rings. The van der Waals surface area contributed by atoms with Crippen LogP contribution in [0.5, 0.6) is 0 Å². The summed E-state index contributed by atoms with van der Waals surface area (Å²) in [6.45, 7) is 1.82. The summed E-state index contributed by atoms with van der Waals surface area (Å²) < 4.78 is 1.22. The highest BCUT2D eigenvalue weighted by atomic mass is 32.1. The molecule has 0 saturated heterocycles. The first-order chi connectivity index (χ1) is 10.1. The summed E-state index contributed by atoms with van der Waals surface area (Å²) >= 11 is 1.68. The van der Waals surface area contributed by atoms with Gasteiger partial charge in [0.1, 0.15) is 0 Å². The fourth-order valence-electron chi connectivity index (χ4n) is 2.14. The van der Waals surface area contributed by atoms with Crippen LogP contribution in [0.4, 0.5) is 11.4 Å². The Labute approximate surface area is 125 Å². The molecule has 0 saturated carbocycles. The van der Waals surface area contributed by atoms with Crippen molar-refractivity contribution in [1.82, 2.24) is 0 Å². The van der Waals surface area contributed by atoms with E-state index in [1.54, 1.807) is 23.5 Å². The van der Waals surface area contributed by atoms with E-state index in [9.17, 15) is 10.1 Å². The Balaban J connectivity index is 1.94. The molecule has 0 aliphatic rings. The van der Waals surface area contributed by atoms with Gasteiger partial charge in [-0.3, -0.25) is 15.1 Å². The smallest absolute Gasteiger partial charge is 0.258 e. The number of fused-ring (bicyclic) bond motifs is 1. The van der Waals surface area contributed by atoms with Crippen molar-refractivity contribution in [3.05, 3.63) is 69.1 Å². The summed E-state index contributed by atoms with van der Waals surface area (Å²) in [5.41, 5.74) is 2.69. The van der Waals surface area contributed by atoms with Crippen LogP contribution in [0.2, 0.25) is 0 Å². The molecule has 1 aromatic heterocycles. The van der Waals surface area contributed by atoms with Gasteiger partial charge in [0.25, 0.3) is 5.69 Å². The van der Waals surface area contributed by atoms with Crippen LogP contribution in [-0.4, -0.2) is 11.1 Å². The van der Waals surface area contributed by atoms with Gasteiger partial charge in [0.15, 0.2) is 0 Å². The highest BCUT2D eigenvalue weighted by Crippen LogP contribution is 2.26. The minimum atomic E-state index is -0.396. The minimum Gasteiger partial charge on any atom is -0.258 e. The molecular formula is C16H12N2O2S. The number of nitrogens with zero attached hydrogens (tertiary/aromatic N) is 2. The second-order valence-electron chi connectivity index (χ2n) is 4.67. The number of non-ortho nitro benzene ring substituents is 1. The van der Waals surface area contributed by atoms with E-state index in [-0.39, 0.29) is 5.69 Å². The van der Waals surface area contributed by atoms with E-state index in [2.05, 4.69) is 22.5 Å². The maximum atomic E-state index is 10.7. The van der Waals surface area contributed by atoms with Gasteiger partial charge in [0.05, 0.1) is 10.6 Å². The molecule has 0 radical (unpaired) electrons. The van der Waals surface area contributed by atoms with Gasteiger partial charge in [-0.15, -0.1) is 11.3 Å². The van der Waals surface area contributed by atoms with Crippen LogP contribution < -0.4 is 0 Å². The zero-order valence-electron chi connectivity index (χ0n) is 11.3. The van der Waals surface area contributed by atoms with E-state index in [0.29, 0.717) is 0 Å². The van der Waals surface area contributed by atoms with Gasteiger partial charge < -0.3 is 0 Å². The molecule has 0 fully saturated rings. The number of nitro benzene ring substituents is 1. The molecular weight excluding hydrogens is 284 g/mol. The number of hydrogen-bond acceptors (Lipinski definition) is 4. The number of thiophene rings is 1. The Hall–Kier alpha value is -2.53. The fraction of sp³-hybridized carbons (Fsp3) is 0.0625. The third-order valence-corrected chi connectivity index (χ3v) is 4.23. The van der Waals surface area contributed by atoms with Gasteiger partial charge in [-0.2, -0.15) is 0 Å². The third-order valence-electron chi connectivity index (χ3n) is 3.24. The molecule has 0 bridgehead atoms. The molecule has 0 spiro atoms. The standard InChI is InChI=1S/C16H12N2O2S/c1-11-8-13(18(19)20)6-7-15(11)17-9-12-10-21-16-5-3-2-4-14(12)16/h2-10H,1H3. The lowest BCUT2D eigenvalue weighted by molar-refractivity contribution is -0.384. The Morgan fingerprint density at radius 1 is 1.24 bits per heavy atom. The highest BCUT2D eigenvalue weighted by Gasteiger charge is 2.07. The maximum Gasteiger partial charge on any atom is 0.269 e. The van der Waals surface area contributed by atoms with Crippen molar-refractivity contribution in [2.24, 2.45) is 4.99 Å². The molecule has 0 N–H and O–H groups in total. The Kier molecular flexibility index (Phi) is 3.50.